The zero-order valence-corrected chi connectivity index (χ0v) is 11.9. The van der Waals surface area contributed by atoms with E-state index in [1.54, 1.807) is 0 Å². The van der Waals surface area contributed by atoms with E-state index in [1.165, 1.54) is 25.7 Å². The molecule has 0 spiro atoms. The Balaban J connectivity index is 1.49. The Morgan fingerprint density at radius 1 is 0.947 bits per heavy atom. The minimum atomic E-state index is 0.426. The van der Waals surface area contributed by atoms with Crippen molar-refractivity contribution in [3.63, 3.8) is 0 Å². The standard InChI is InChI=1S/C15H27N3O/c19-15(4-1-12-5-8-16-9-6-12)18(13-2-3-13)14-7-10-17-11-14/h12-14,16-17H,1-11H2. The molecule has 1 unspecified atom stereocenters. The van der Waals surface area contributed by atoms with Gasteiger partial charge in [0, 0.05) is 25.0 Å². The van der Waals surface area contributed by atoms with Crippen molar-refractivity contribution in [2.75, 3.05) is 26.2 Å². The van der Waals surface area contributed by atoms with Gasteiger partial charge in [0.1, 0.15) is 0 Å². The van der Waals surface area contributed by atoms with Crippen LogP contribution in [0, 0.1) is 5.92 Å². The maximum absolute atomic E-state index is 12.5. The number of nitrogens with one attached hydrogen (secondary N) is 2. The van der Waals surface area contributed by atoms with E-state index in [1.807, 2.05) is 0 Å². The van der Waals surface area contributed by atoms with Crippen molar-refractivity contribution < 1.29 is 4.79 Å². The van der Waals surface area contributed by atoms with Gasteiger partial charge in [-0.1, -0.05) is 0 Å². The molecule has 2 saturated heterocycles. The molecule has 19 heavy (non-hydrogen) atoms. The van der Waals surface area contributed by atoms with Crippen molar-refractivity contribution in [2.24, 2.45) is 5.92 Å². The number of carbonyl (C=O) groups is 1. The van der Waals surface area contributed by atoms with E-state index in [2.05, 4.69) is 15.5 Å². The summed E-state index contributed by atoms with van der Waals surface area (Å²) < 4.78 is 0. The number of hydrogen-bond donors (Lipinski definition) is 2. The Morgan fingerprint density at radius 2 is 1.68 bits per heavy atom. The van der Waals surface area contributed by atoms with Gasteiger partial charge in [-0.25, -0.2) is 0 Å². The molecule has 1 atom stereocenters. The molecule has 2 N–H and O–H groups in total. The predicted octanol–water partition coefficient (Wildman–Crippen LogP) is 1.12. The fourth-order valence-corrected chi connectivity index (χ4v) is 3.56. The van der Waals surface area contributed by atoms with Crippen LogP contribution in [-0.2, 0) is 4.79 Å². The highest BCUT2D eigenvalue weighted by Gasteiger charge is 2.38. The number of hydrogen-bond acceptors (Lipinski definition) is 3. The lowest BCUT2D eigenvalue weighted by molar-refractivity contribution is -0.134. The minimum Gasteiger partial charge on any atom is -0.335 e. The van der Waals surface area contributed by atoms with Crippen molar-refractivity contribution in [1.82, 2.24) is 15.5 Å². The molecule has 2 aliphatic heterocycles. The monoisotopic (exact) mass is 265 g/mol. The van der Waals surface area contributed by atoms with Crippen molar-refractivity contribution in [2.45, 2.75) is 57.0 Å². The Bertz CT molecular complexity index is 305. The van der Waals surface area contributed by atoms with Crippen LogP contribution in [0.3, 0.4) is 0 Å². The molecule has 4 nitrogen and oxygen atoms in total. The average Bonchev–Trinajstić information content (AvgIpc) is 3.12. The maximum Gasteiger partial charge on any atom is 0.223 e. The molecule has 108 valence electrons. The van der Waals surface area contributed by atoms with Crippen LogP contribution in [0.15, 0.2) is 0 Å². The van der Waals surface area contributed by atoms with Gasteiger partial charge in [0.05, 0.1) is 0 Å². The lowest BCUT2D eigenvalue weighted by Gasteiger charge is -2.30. The smallest absolute Gasteiger partial charge is 0.223 e. The molecule has 0 aromatic carbocycles. The fraction of sp³-hybridized carbons (Fsp3) is 0.933. The highest BCUT2D eigenvalue weighted by atomic mass is 16.2. The van der Waals surface area contributed by atoms with Gasteiger partial charge in [-0.05, 0) is 64.1 Å². The van der Waals surface area contributed by atoms with Crippen LogP contribution in [0.5, 0.6) is 0 Å². The van der Waals surface area contributed by atoms with Crippen molar-refractivity contribution >= 4 is 5.91 Å². The Kier molecular flexibility index (Phi) is 4.38. The van der Waals surface area contributed by atoms with Crippen molar-refractivity contribution in [3.8, 4) is 0 Å². The first-order valence-electron chi connectivity index (χ1n) is 8.07. The first kappa shape index (κ1) is 13.4. The van der Waals surface area contributed by atoms with Gasteiger partial charge < -0.3 is 15.5 Å². The first-order valence-corrected chi connectivity index (χ1v) is 8.07. The topological polar surface area (TPSA) is 44.4 Å². The summed E-state index contributed by atoms with van der Waals surface area (Å²) in [5.74, 6) is 1.20. The van der Waals surface area contributed by atoms with E-state index < -0.39 is 0 Å². The van der Waals surface area contributed by atoms with E-state index in [0.717, 1.165) is 51.4 Å². The van der Waals surface area contributed by atoms with Gasteiger partial charge in [-0.15, -0.1) is 0 Å². The summed E-state index contributed by atoms with van der Waals surface area (Å²) >= 11 is 0. The van der Waals surface area contributed by atoms with Crippen molar-refractivity contribution in [1.29, 1.82) is 0 Å². The van der Waals surface area contributed by atoms with E-state index in [4.69, 9.17) is 0 Å². The Morgan fingerprint density at radius 3 is 2.32 bits per heavy atom. The maximum atomic E-state index is 12.5. The highest BCUT2D eigenvalue weighted by molar-refractivity contribution is 5.77. The summed E-state index contributed by atoms with van der Waals surface area (Å²) in [5.41, 5.74) is 0. The molecule has 4 heteroatoms. The molecule has 0 aromatic rings. The summed E-state index contributed by atoms with van der Waals surface area (Å²) in [7, 11) is 0. The number of carbonyl (C=O) groups excluding carboxylic acids is 1. The average molecular weight is 265 g/mol. The third-order valence-corrected chi connectivity index (χ3v) is 4.88. The first-order chi connectivity index (χ1) is 9.34. The summed E-state index contributed by atoms with van der Waals surface area (Å²) in [4.78, 5) is 14.8. The molecule has 0 bridgehead atoms. The molecule has 1 saturated carbocycles. The quantitative estimate of drug-likeness (QED) is 0.783. The summed E-state index contributed by atoms with van der Waals surface area (Å²) in [6, 6.07) is 1.05. The molecule has 1 amide bonds. The van der Waals surface area contributed by atoms with E-state index in [9.17, 15) is 4.79 Å². The largest absolute Gasteiger partial charge is 0.335 e. The Hall–Kier alpha value is -0.610. The molecule has 1 aliphatic carbocycles. The summed E-state index contributed by atoms with van der Waals surface area (Å²) in [6.45, 7) is 4.36. The SMILES string of the molecule is O=C(CCC1CCNCC1)N(C1CC1)C1CCNC1. The van der Waals surface area contributed by atoms with Crippen LogP contribution < -0.4 is 10.6 Å². The van der Waals surface area contributed by atoms with Crippen LogP contribution in [0.25, 0.3) is 0 Å². The van der Waals surface area contributed by atoms with Gasteiger partial charge in [0.15, 0.2) is 0 Å². The molecule has 0 radical (unpaired) electrons. The van der Waals surface area contributed by atoms with Crippen LogP contribution in [0.2, 0.25) is 0 Å². The zero-order valence-electron chi connectivity index (χ0n) is 11.9. The fourth-order valence-electron chi connectivity index (χ4n) is 3.56. The highest BCUT2D eigenvalue weighted by Crippen LogP contribution is 2.31. The van der Waals surface area contributed by atoms with E-state index >= 15 is 0 Å². The molecule has 3 aliphatic rings. The second kappa shape index (κ2) is 6.23. The third-order valence-electron chi connectivity index (χ3n) is 4.88. The molecular weight excluding hydrogens is 238 g/mol. The van der Waals surface area contributed by atoms with Gasteiger partial charge in [-0.2, -0.15) is 0 Å². The molecule has 3 fully saturated rings. The van der Waals surface area contributed by atoms with Crippen LogP contribution in [0.4, 0.5) is 0 Å². The number of amides is 1. The number of piperidine rings is 1. The van der Waals surface area contributed by atoms with Gasteiger partial charge in [-0.3, -0.25) is 4.79 Å². The number of rotatable bonds is 5. The molecule has 3 rings (SSSR count). The van der Waals surface area contributed by atoms with Crippen LogP contribution in [0.1, 0.15) is 44.9 Å². The summed E-state index contributed by atoms with van der Waals surface area (Å²) in [6.07, 6.45) is 7.99. The van der Waals surface area contributed by atoms with E-state index in [-0.39, 0.29) is 0 Å². The lowest BCUT2D eigenvalue weighted by Crippen LogP contribution is -2.43. The minimum absolute atomic E-state index is 0.426. The molecular formula is C15H27N3O. The molecule has 0 aromatic heterocycles. The Labute approximate surface area is 116 Å². The van der Waals surface area contributed by atoms with E-state index in [0.29, 0.717) is 18.0 Å². The summed E-state index contributed by atoms with van der Waals surface area (Å²) in [5, 5.41) is 6.79. The van der Waals surface area contributed by atoms with Gasteiger partial charge >= 0.3 is 0 Å². The van der Waals surface area contributed by atoms with Crippen molar-refractivity contribution in [3.05, 3.63) is 0 Å². The third kappa shape index (κ3) is 3.48. The van der Waals surface area contributed by atoms with Gasteiger partial charge in [0.2, 0.25) is 5.91 Å². The zero-order chi connectivity index (χ0) is 13.1. The van der Waals surface area contributed by atoms with Gasteiger partial charge in [0.25, 0.3) is 0 Å². The number of nitrogens with zero attached hydrogens (tertiary/aromatic N) is 1. The van der Waals surface area contributed by atoms with Crippen LogP contribution in [-0.4, -0.2) is 49.1 Å². The molecule has 2 heterocycles. The second-order valence-corrected chi connectivity index (χ2v) is 6.41. The van der Waals surface area contributed by atoms with Crippen LogP contribution >= 0.6 is 0 Å². The lowest BCUT2D eigenvalue weighted by atomic mass is 9.93. The predicted molar refractivity (Wildman–Crippen MR) is 76.0 cm³/mol. The normalized spacial score (nSPS) is 28.5. The second-order valence-electron chi connectivity index (χ2n) is 6.41.